The van der Waals surface area contributed by atoms with Crippen molar-refractivity contribution in [3.63, 3.8) is 0 Å². The van der Waals surface area contributed by atoms with Gasteiger partial charge < -0.3 is 24.8 Å². The first-order valence-corrected chi connectivity index (χ1v) is 11.9. The molecule has 2 N–H and O–H groups in total. The van der Waals surface area contributed by atoms with Gasteiger partial charge in [0, 0.05) is 0 Å². The minimum Gasteiger partial charge on any atom is -0.495 e. The molecule has 10 heteroatoms. The summed E-state index contributed by atoms with van der Waals surface area (Å²) in [5.74, 6) is -0.323. The van der Waals surface area contributed by atoms with E-state index in [0.29, 0.717) is 17.7 Å². The number of hydrogen-bond donors (Lipinski definition) is 2. The first-order chi connectivity index (χ1) is 14.3. The van der Waals surface area contributed by atoms with Crippen molar-refractivity contribution in [2.75, 3.05) is 14.2 Å². The number of alkyl carbamates (subject to hydrolysis) is 1. The van der Waals surface area contributed by atoms with Crippen molar-refractivity contribution in [2.45, 2.75) is 58.7 Å². The lowest BCUT2D eigenvalue weighted by atomic mass is 10.0. The van der Waals surface area contributed by atoms with Gasteiger partial charge in [0.15, 0.2) is 6.04 Å². The summed E-state index contributed by atoms with van der Waals surface area (Å²) < 4.78 is 17.1. The Labute approximate surface area is 210 Å². The summed E-state index contributed by atoms with van der Waals surface area (Å²) >= 11 is 4.21. The number of carbonyl (C=O) groups excluding carboxylic acids is 3. The lowest BCUT2D eigenvalue weighted by Crippen LogP contribution is -2.50. The van der Waals surface area contributed by atoms with E-state index in [0.717, 1.165) is 7.14 Å². The Bertz CT molecular complexity index is 785. The van der Waals surface area contributed by atoms with Gasteiger partial charge in [0.25, 0.3) is 0 Å². The fraction of sp³-hybridized carbons (Fsp3) is 0.571. The quantitative estimate of drug-likeness (QED) is 0.321. The van der Waals surface area contributed by atoms with Gasteiger partial charge in [-0.2, -0.15) is 0 Å². The third-order valence-electron chi connectivity index (χ3n) is 4.00. The van der Waals surface area contributed by atoms with Crippen LogP contribution < -0.4 is 15.4 Å². The predicted molar refractivity (Wildman–Crippen MR) is 134 cm³/mol. The number of nitrogens with one attached hydrogen (secondary N) is 2. The molecule has 0 aliphatic carbocycles. The largest absolute Gasteiger partial charge is 0.495 e. The summed E-state index contributed by atoms with van der Waals surface area (Å²) in [6.07, 6.45) is -0.326. The minimum absolute atomic E-state index is 0.116. The fourth-order valence-electron chi connectivity index (χ4n) is 2.73. The van der Waals surface area contributed by atoms with Crippen molar-refractivity contribution >= 4 is 63.2 Å². The number of methoxy groups -OCH3 is 2. The van der Waals surface area contributed by atoms with E-state index in [1.165, 1.54) is 7.11 Å². The zero-order valence-corrected chi connectivity index (χ0v) is 23.1. The molecule has 0 aliphatic heterocycles. The van der Waals surface area contributed by atoms with Gasteiger partial charge in [-0.05, 0) is 96.0 Å². The molecule has 8 nitrogen and oxygen atoms in total. The first-order valence-electron chi connectivity index (χ1n) is 9.69. The summed E-state index contributed by atoms with van der Waals surface area (Å²) in [5, 5.41) is 5.33. The normalized spacial score (nSPS) is 13.2. The molecular weight excluding hydrogens is 630 g/mol. The second kappa shape index (κ2) is 12.1. The van der Waals surface area contributed by atoms with Crippen LogP contribution in [0.5, 0.6) is 5.75 Å². The number of carbonyl (C=O) groups is 3. The van der Waals surface area contributed by atoms with E-state index in [1.54, 1.807) is 40.0 Å². The van der Waals surface area contributed by atoms with Gasteiger partial charge in [-0.15, -0.1) is 0 Å². The van der Waals surface area contributed by atoms with E-state index in [4.69, 9.17) is 14.2 Å². The molecule has 0 saturated carbocycles. The number of halogens is 2. The lowest BCUT2D eigenvalue weighted by Gasteiger charge is -2.26. The summed E-state index contributed by atoms with van der Waals surface area (Å²) in [7, 11) is 2.82. The van der Waals surface area contributed by atoms with Crippen molar-refractivity contribution < 1.29 is 28.6 Å². The van der Waals surface area contributed by atoms with E-state index in [-0.39, 0.29) is 5.92 Å². The average Bonchev–Trinajstić information content (AvgIpc) is 2.62. The first kappa shape index (κ1) is 27.7. The molecular formula is C21H30I2N2O6. The SMILES string of the molecule is COC(=O)[C@@H](NC(=O)[C@@H](CC(C)C)NC(=O)OC(C)(C)C)c1cc(I)c(OC)c(I)c1. The molecule has 1 rings (SSSR count). The van der Waals surface area contributed by atoms with Crippen molar-refractivity contribution in [2.24, 2.45) is 5.92 Å². The van der Waals surface area contributed by atoms with Crippen LogP contribution >= 0.6 is 45.2 Å². The second-order valence-corrected chi connectivity index (χ2v) is 10.6. The highest BCUT2D eigenvalue weighted by Crippen LogP contribution is 2.31. The predicted octanol–water partition coefficient (Wildman–Crippen LogP) is 4.17. The molecule has 0 spiro atoms. The Hall–Kier alpha value is -1.31. The van der Waals surface area contributed by atoms with E-state index in [2.05, 4.69) is 55.8 Å². The van der Waals surface area contributed by atoms with Crippen LogP contribution in [0.15, 0.2) is 12.1 Å². The van der Waals surface area contributed by atoms with Crippen LogP contribution in [-0.2, 0) is 19.1 Å². The Kier molecular flexibility index (Phi) is 10.8. The molecule has 2 amide bonds. The van der Waals surface area contributed by atoms with Crippen LogP contribution in [0.2, 0.25) is 0 Å². The molecule has 0 radical (unpaired) electrons. The molecule has 0 aromatic heterocycles. The summed E-state index contributed by atoms with van der Waals surface area (Å²) in [6, 6.07) is 1.59. The number of esters is 1. The van der Waals surface area contributed by atoms with Crippen molar-refractivity contribution in [3.05, 3.63) is 24.8 Å². The fourth-order valence-corrected chi connectivity index (χ4v) is 4.99. The summed E-state index contributed by atoms with van der Waals surface area (Å²) in [4.78, 5) is 37.8. The molecule has 0 bridgehead atoms. The summed E-state index contributed by atoms with van der Waals surface area (Å²) in [5.41, 5.74) is -0.149. The monoisotopic (exact) mass is 660 g/mol. The van der Waals surface area contributed by atoms with Crippen LogP contribution in [0.25, 0.3) is 0 Å². The van der Waals surface area contributed by atoms with Gasteiger partial charge >= 0.3 is 12.1 Å². The van der Waals surface area contributed by atoms with Gasteiger partial charge in [-0.25, -0.2) is 9.59 Å². The maximum atomic E-state index is 13.1. The van der Waals surface area contributed by atoms with Crippen LogP contribution in [0, 0.1) is 13.1 Å². The number of rotatable bonds is 8. The van der Waals surface area contributed by atoms with E-state index < -0.39 is 35.7 Å². The van der Waals surface area contributed by atoms with E-state index in [1.807, 2.05) is 13.8 Å². The maximum absolute atomic E-state index is 13.1. The molecule has 0 saturated heterocycles. The Balaban J connectivity index is 3.17. The molecule has 1 aromatic carbocycles. The minimum atomic E-state index is -1.04. The highest BCUT2D eigenvalue weighted by Gasteiger charge is 2.31. The molecule has 2 atom stereocenters. The molecule has 0 fully saturated rings. The Morgan fingerprint density at radius 2 is 1.58 bits per heavy atom. The number of hydrogen-bond acceptors (Lipinski definition) is 6. The molecule has 0 heterocycles. The van der Waals surface area contributed by atoms with Crippen molar-refractivity contribution in [1.82, 2.24) is 10.6 Å². The van der Waals surface area contributed by atoms with Gasteiger partial charge in [-0.1, -0.05) is 13.8 Å². The van der Waals surface area contributed by atoms with Crippen LogP contribution in [0.1, 0.15) is 52.6 Å². The second-order valence-electron chi connectivity index (χ2n) is 8.31. The van der Waals surface area contributed by atoms with Crippen LogP contribution in [0.4, 0.5) is 4.79 Å². The third kappa shape index (κ3) is 8.99. The molecule has 0 aliphatic rings. The Morgan fingerprint density at radius 1 is 1.03 bits per heavy atom. The van der Waals surface area contributed by atoms with Gasteiger partial charge in [0.05, 0.1) is 21.4 Å². The highest BCUT2D eigenvalue weighted by molar-refractivity contribution is 14.1. The molecule has 0 unspecified atom stereocenters. The van der Waals surface area contributed by atoms with Crippen LogP contribution in [0.3, 0.4) is 0 Å². The number of ether oxygens (including phenoxy) is 3. The maximum Gasteiger partial charge on any atom is 0.408 e. The van der Waals surface area contributed by atoms with Crippen molar-refractivity contribution in [1.29, 1.82) is 0 Å². The average molecular weight is 660 g/mol. The standard InChI is InChI=1S/C21H30I2N2O6/c1-11(2)8-15(24-20(28)31-21(3,4)5)18(26)25-16(19(27)30-7)12-9-13(22)17(29-6)14(23)10-12/h9-11,15-16H,8H2,1-7H3,(H,24,28)(H,25,26)/t15-,16+/m1/s1. The topological polar surface area (TPSA) is 103 Å². The molecule has 31 heavy (non-hydrogen) atoms. The zero-order valence-electron chi connectivity index (χ0n) is 18.8. The van der Waals surface area contributed by atoms with E-state index >= 15 is 0 Å². The smallest absolute Gasteiger partial charge is 0.408 e. The lowest BCUT2D eigenvalue weighted by molar-refractivity contribution is -0.145. The third-order valence-corrected chi connectivity index (χ3v) is 5.60. The molecule has 1 aromatic rings. The zero-order chi connectivity index (χ0) is 23.9. The number of benzene rings is 1. The summed E-state index contributed by atoms with van der Waals surface area (Å²) in [6.45, 7) is 9.09. The van der Waals surface area contributed by atoms with Gasteiger partial charge in [-0.3, -0.25) is 4.79 Å². The van der Waals surface area contributed by atoms with Gasteiger partial charge in [0.2, 0.25) is 5.91 Å². The van der Waals surface area contributed by atoms with E-state index in [9.17, 15) is 14.4 Å². The Morgan fingerprint density at radius 3 is 2.00 bits per heavy atom. The van der Waals surface area contributed by atoms with Crippen LogP contribution in [-0.4, -0.2) is 43.8 Å². The molecule has 174 valence electrons. The van der Waals surface area contributed by atoms with Gasteiger partial charge in [0.1, 0.15) is 17.4 Å². The number of amides is 2. The van der Waals surface area contributed by atoms with Crippen molar-refractivity contribution in [3.8, 4) is 5.75 Å². The highest BCUT2D eigenvalue weighted by atomic mass is 127.